The molecule has 2 aliphatic rings. The van der Waals surface area contributed by atoms with E-state index in [1.807, 2.05) is 4.90 Å². The molecule has 0 saturated carbocycles. The molecular formula is C15H23N3O4. The number of piperidine rings is 1. The minimum atomic E-state index is -0.517. The summed E-state index contributed by atoms with van der Waals surface area (Å²) in [5.41, 5.74) is 0. The maximum absolute atomic E-state index is 12.7. The van der Waals surface area contributed by atoms with Crippen LogP contribution in [0.15, 0.2) is 9.21 Å². The van der Waals surface area contributed by atoms with E-state index in [2.05, 4.69) is 24.0 Å². The van der Waals surface area contributed by atoms with Gasteiger partial charge in [-0.05, 0) is 25.2 Å². The van der Waals surface area contributed by atoms with Crippen LogP contribution in [0.3, 0.4) is 0 Å². The predicted octanol–water partition coefficient (Wildman–Crippen LogP) is 1.13. The quantitative estimate of drug-likeness (QED) is 0.904. The maximum atomic E-state index is 12.7. The number of likely N-dealkylation sites (tertiary alicyclic amines) is 1. The van der Waals surface area contributed by atoms with Crippen LogP contribution >= 0.6 is 0 Å². The molecule has 0 radical (unpaired) electrons. The topological polar surface area (TPSA) is 88.4 Å². The van der Waals surface area contributed by atoms with Crippen molar-refractivity contribution in [3.8, 4) is 0 Å². The fraction of sp³-hybridized carbons (Fsp3) is 0.800. The second kappa shape index (κ2) is 6.24. The fourth-order valence-electron chi connectivity index (χ4n) is 3.53. The normalized spacial score (nSPS) is 26.8. The highest BCUT2D eigenvalue weighted by Gasteiger charge is 2.39. The molecule has 2 unspecified atom stereocenters. The molecule has 3 rings (SSSR count). The van der Waals surface area contributed by atoms with Gasteiger partial charge >= 0.3 is 5.76 Å². The van der Waals surface area contributed by atoms with E-state index < -0.39 is 5.76 Å². The maximum Gasteiger partial charge on any atom is 0.434 e. The molecule has 2 atom stereocenters. The summed E-state index contributed by atoms with van der Waals surface area (Å²) < 4.78 is 10.7. The zero-order valence-electron chi connectivity index (χ0n) is 13.1. The first-order chi connectivity index (χ1) is 10.6. The summed E-state index contributed by atoms with van der Waals surface area (Å²) in [6, 6.07) is 0. The molecule has 1 N–H and O–H groups in total. The summed E-state index contributed by atoms with van der Waals surface area (Å²) in [6.07, 6.45) is 2.41. The van der Waals surface area contributed by atoms with Gasteiger partial charge in [0.05, 0.1) is 12.0 Å². The molecule has 2 aliphatic heterocycles. The highest BCUT2D eigenvalue weighted by molar-refractivity contribution is 5.79. The van der Waals surface area contributed by atoms with E-state index in [1.54, 1.807) is 0 Å². The van der Waals surface area contributed by atoms with Crippen LogP contribution in [0.5, 0.6) is 0 Å². The number of nitrogens with one attached hydrogen (secondary N) is 1. The SMILES string of the molecule is CC(C)C1OCCC1C(=O)N1CCC(c2n[nH]c(=O)o2)CC1. The molecule has 7 heteroatoms. The van der Waals surface area contributed by atoms with Gasteiger partial charge in [-0.1, -0.05) is 13.8 Å². The van der Waals surface area contributed by atoms with Gasteiger partial charge in [-0.25, -0.2) is 9.89 Å². The first-order valence-corrected chi connectivity index (χ1v) is 8.02. The Kier molecular flexibility index (Phi) is 4.33. The molecule has 0 spiro atoms. The Bertz CT molecular complexity index is 571. The molecule has 2 fully saturated rings. The largest absolute Gasteiger partial charge is 0.434 e. The predicted molar refractivity (Wildman–Crippen MR) is 78.4 cm³/mol. The van der Waals surface area contributed by atoms with Crippen LogP contribution in [0.1, 0.15) is 44.9 Å². The molecule has 122 valence electrons. The zero-order valence-corrected chi connectivity index (χ0v) is 13.1. The van der Waals surface area contributed by atoms with Gasteiger partial charge in [0.25, 0.3) is 0 Å². The average molecular weight is 309 g/mol. The van der Waals surface area contributed by atoms with Crippen molar-refractivity contribution in [3.63, 3.8) is 0 Å². The lowest BCUT2D eigenvalue weighted by Crippen LogP contribution is -2.44. The van der Waals surface area contributed by atoms with Crippen LogP contribution in [0.2, 0.25) is 0 Å². The smallest absolute Gasteiger partial charge is 0.392 e. The van der Waals surface area contributed by atoms with E-state index in [4.69, 9.17) is 9.15 Å². The van der Waals surface area contributed by atoms with E-state index in [0.29, 0.717) is 31.5 Å². The first kappa shape index (κ1) is 15.3. The molecule has 3 heterocycles. The number of aromatic nitrogens is 2. The second-order valence-corrected chi connectivity index (χ2v) is 6.53. The number of ether oxygens (including phenoxy) is 1. The highest BCUT2D eigenvalue weighted by atomic mass is 16.5. The zero-order chi connectivity index (χ0) is 15.7. The van der Waals surface area contributed by atoms with E-state index in [9.17, 15) is 9.59 Å². The van der Waals surface area contributed by atoms with Crippen molar-refractivity contribution in [2.45, 2.75) is 45.1 Å². The number of H-pyrrole nitrogens is 1. The number of nitrogens with zero attached hydrogens (tertiary/aromatic N) is 2. The monoisotopic (exact) mass is 309 g/mol. The number of amides is 1. The van der Waals surface area contributed by atoms with Gasteiger partial charge < -0.3 is 14.1 Å². The number of hydrogen-bond donors (Lipinski definition) is 1. The fourth-order valence-corrected chi connectivity index (χ4v) is 3.53. The molecule has 22 heavy (non-hydrogen) atoms. The van der Waals surface area contributed by atoms with Crippen LogP contribution in [0, 0.1) is 11.8 Å². The van der Waals surface area contributed by atoms with Gasteiger partial charge in [-0.2, -0.15) is 0 Å². The number of carbonyl (C=O) groups is 1. The summed E-state index contributed by atoms with van der Waals surface area (Å²) in [6.45, 7) is 6.24. The Balaban J connectivity index is 1.59. The number of carbonyl (C=O) groups excluding carboxylic acids is 1. The van der Waals surface area contributed by atoms with Gasteiger partial charge in [0.15, 0.2) is 0 Å². The Morgan fingerprint density at radius 3 is 2.64 bits per heavy atom. The minimum absolute atomic E-state index is 0.0140. The van der Waals surface area contributed by atoms with E-state index in [0.717, 1.165) is 19.3 Å². The van der Waals surface area contributed by atoms with E-state index in [-0.39, 0.29) is 23.8 Å². The first-order valence-electron chi connectivity index (χ1n) is 8.02. The van der Waals surface area contributed by atoms with Crippen molar-refractivity contribution in [1.82, 2.24) is 15.1 Å². The van der Waals surface area contributed by atoms with Gasteiger partial charge in [0, 0.05) is 25.6 Å². The highest BCUT2D eigenvalue weighted by Crippen LogP contribution is 2.31. The van der Waals surface area contributed by atoms with Crippen LogP contribution < -0.4 is 5.76 Å². The van der Waals surface area contributed by atoms with E-state index >= 15 is 0 Å². The average Bonchev–Trinajstić information content (AvgIpc) is 3.15. The summed E-state index contributed by atoms with van der Waals surface area (Å²) in [7, 11) is 0. The molecule has 2 saturated heterocycles. The lowest BCUT2D eigenvalue weighted by molar-refractivity contribution is -0.139. The summed E-state index contributed by atoms with van der Waals surface area (Å²) in [5, 5.41) is 6.19. The van der Waals surface area contributed by atoms with Gasteiger partial charge in [-0.3, -0.25) is 4.79 Å². The van der Waals surface area contributed by atoms with Crippen molar-refractivity contribution in [1.29, 1.82) is 0 Å². The number of aromatic amines is 1. The van der Waals surface area contributed by atoms with Crippen molar-refractivity contribution in [3.05, 3.63) is 16.4 Å². The summed E-state index contributed by atoms with van der Waals surface area (Å²) in [5.74, 6) is 0.604. The molecule has 0 aromatic carbocycles. The van der Waals surface area contributed by atoms with Crippen LogP contribution in [-0.4, -0.2) is 46.8 Å². The van der Waals surface area contributed by atoms with Crippen LogP contribution in [-0.2, 0) is 9.53 Å². The van der Waals surface area contributed by atoms with Crippen molar-refractivity contribution in [2.24, 2.45) is 11.8 Å². The summed E-state index contributed by atoms with van der Waals surface area (Å²) >= 11 is 0. The Hall–Kier alpha value is -1.63. The summed E-state index contributed by atoms with van der Waals surface area (Å²) in [4.78, 5) is 25.7. The number of hydrogen-bond acceptors (Lipinski definition) is 5. The van der Waals surface area contributed by atoms with E-state index in [1.165, 1.54) is 0 Å². The molecule has 1 aromatic heterocycles. The minimum Gasteiger partial charge on any atom is -0.392 e. The van der Waals surface area contributed by atoms with Crippen LogP contribution in [0.25, 0.3) is 0 Å². The van der Waals surface area contributed by atoms with Crippen molar-refractivity contribution >= 4 is 5.91 Å². The lowest BCUT2D eigenvalue weighted by Gasteiger charge is -2.33. The Labute approximate surface area is 129 Å². The van der Waals surface area contributed by atoms with Crippen molar-refractivity contribution < 1.29 is 13.9 Å². The molecule has 1 amide bonds. The van der Waals surface area contributed by atoms with Gasteiger partial charge in [0.1, 0.15) is 0 Å². The molecule has 1 aromatic rings. The molecular weight excluding hydrogens is 286 g/mol. The Morgan fingerprint density at radius 1 is 1.32 bits per heavy atom. The third-order valence-corrected chi connectivity index (χ3v) is 4.72. The molecule has 0 aliphatic carbocycles. The lowest BCUT2D eigenvalue weighted by atomic mass is 9.90. The standard InChI is InChI=1S/C15H23N3O4/c1-9(2)12-11(5-8-21-12)14(19)18-6-3-10(4-7-18)13-16-17-15(20)22-13/h9-12H,3-8H2,1-2H3,(H,17,20). The number of rotatable bonds is 3. The third kappa shape index (κ3) is 2.95. The molecule has 0 bridgehead atoms. The third-order valence-electron chi connectivity index (χ3n) is 4.72. The van der Waals surface area contributed by atoms with Crippen molar-refractivity contribution in [2.75, 3.05) is 19.7 Å². The molecule has 7 nitrogen and oxygen atoms in total. The van der Waals surface area contributed by atoms with Gasteiger partial charge in [0.2, 0.25) is 11.8 Å². The van der Waals surface area contributed by atoms with Gasteiger partial charge in [-0.15, -0.1) is 5.10 Å². The Morgan fingerprint density at radius 2 is 2.05 bits per heavy atom. The van der Waals surface area contributed by atoms with Crippen LogP contribution in [0.4, 0.5) is 0 Å². The second-order valence-electron chi connectivity index (χ2n) is 6.53.